The first-order valence-corrected chi connectivity index (χ1v) is 11.1. The Balaban J connectivity index is 1.81. The predicted molar refractivity (Wildman–Crippen MR) is 122 cm³/mol. The number of rotatable bonds is 2. The zero-order valence-electron chi connectivity index (χ0n) is 15.4. The van der Waals surface area contributed by atoms with E-state index in [4.69, 9.17) is 16.6 Å². The standard InChI is InChI=1S/C22H17BrClN3S/c1-12-11-15-5-3-4-6-17(15)27(12)20-19-18(14-7-9-16(23)10-8-14)13(2)28-21(19)26-22(24)25-20/h3-10,12H,11H2,1-2H3. The van der Waals surface area contributed by atoms with Gasteiger partial charge in [-0.3, -0.25) is 0 Å². The molecule has 140 valence electrons. The summed E-state index contributed by atoms with van der Waals surface area (Å²) in [5.74, 6) is 0.898. The molecular weight excluding hydrogens is 454 g/mol. The van der Waals surface area contributed by atoms with E-state index in [1.54, 1.807) is 11.3 Å². The van der Waals surface area contributed by atoms with Gasteiger partial charge in [-0.05, 0) is 61.2 Å². The fraction of sp³-hybridized carbons (Fsp3) is 0.182. The molecule has 0 saturated carbocycles. The van der Waals surface area contributed by atoms with Gasteiger partial charge in [-0.25, -0.2) is 4.98 Å². The molecule has 3 heterocycles. The second kappa shape index (κ2) is 6.83. The van der Waals surface area contributed by atoms with Gasteiger partial charge < -0.3 is 4.90 Å². The van der Waals surface area contributed by atoms with Crippen LogP contribution in [0.15, 0.2) is 53.0 Å². The molecule has 0 fully saturated rings. The van der Waals surface area contributed by atoms with E-state index in [9.17, 15) is 0 Å². The van der Waals surface area contributed by atoms with Gasteiger partial charge in [-0.2, -0.15) is 4.98 Å². The molecule has 5 rings (SSSR count). The summed E-state index contributed by atoms with van der Waals surface area (Å²) in [5, 5.41) is 1.38. The topological polar surface area (TPSA) is 29.0 Å². The second-order valence-electron chi connectivity index (χ2n) is 7.09. The molecule has 0 bridgehead atoms. The minimum Gasteiger partial charge on any atom is -0.322 e. The van der Waals surface area contributed by atoms with E-state index < -0.39 is 0 Å². The largest absolute Gasteiger partial charge is 0.322 e. The van der Waals surface area contributed by atoms with E-state index >= 15 is 0 Å². The van der Waals surface area contributed by atoms with Crippen LogP contribution in [0.1, 0.15) is 17.4 Å². The average molecular weight is 471 g/mol. The molecule has 0 radical (unpaired) electrons. The van der Waals surface area contributed by atoms with E-state index in [2.05, 4.69) is 88.2 Å². The number of fused-ring (bicyclic) bond motifs is 2. The highest BCUT2D eigenvalue weighted by atomic mass is 79.9. The minimum atomic E-state index is 0.294. The second-order valence-corrected chi connectivity index (χ2v) is 9.55. The number of thiophene rings is 1. The maximum Gasteiger partial charge on any atom is 0.225 e. The summed E-state index contributed by atoms with van der Waals surface area (Å²) in [7, 11) is 0. The fourth-order valence-corrected chi connectivity index (χ4v) is 5.61. The highest BCUT2D eigenvalue weighted by Crippen LogP contribution is 2.46. The third-order valence-corrected chi connectivity index (χ3v) is 6.95. The Labute approximate surface area is 181 Å². The smallest absolute Gasteiger partial charge is 0.225 e. The first-order valence-electron chi connectivity index (χ1n) is 9.12. The third-order valence-electron chi connectivity index (χ3n) is 5.25. The van der Waals surface area contributed by atoms with Gasteiger partial charge in [-0.1, -0.05) is 46.3 Å². The van der Waals surface area contributed by atoms with Crippen LogP contribution < -0.4 is 4.90 Å². The van der Waals surface area contributed by atoms with Crippen molar-refractivity contribution in [1.29, 1.82) is 0 Å². The summed E-state index contributed by atoms with van der Waals surface area (Å²) in [4.78, 5) is 13.7. The van der Waals surface area contributed by atoms with Crippen molar-refractivity contribution in [3.05, 3.63) is 68.7 Å². The lowest BCUT2D eigenvalue weighted by Gasteiger charge is -2.25. The van der Waals surface area contributed by atoms with Crippen LogP contribution in [0.3, 0.4) is 0 Å². The molecule has 1 atom stereocenters. The molecule has 3 nitrogen and oxygen atoms in total. The highest BCUT2D eigenvalue weighted by Gasteiger charge is 2.31. The average Bonchev–Trinajstić information content (AvgIpc) is 3.17. The Morgan fingerprint density at radius 2 is 1.86 bits per heavy atom. The summed E-state index contributed by atoms with van der Waals surface area (Å²) >= 11 is 11.6. The summed E-state index contributed by atoms with van der Waals surface area (Å²) in [5.41, 5.74) is 4.90. The van der Waals surface area contributed by atoms with Crippen molar-refractivity contribution >= 4 is 60.6 Å². The number of para-hydroxylation sites is 1. The molecule has 2 aromatic heterocycles. The molecule has 2 aromatic carbocycles. The third kappa shape index (κ3) is 2.84. The fourth-order valence-electron chi connectivity index (χ4n) is 4.10. The van der Waals surface area contributed by atoms with Gasteiger partial charge in [0.25, 0.3) is 0 Å². The molecule has 0 amide bonds. The maximum absolute atomic E-state index is 6.36. The van der Waals surface area contributed by atoms with Crippen molar-refractivity contribution in [3.63, 3.8) is 0 Å². The molecule has 1 unspecified atom stereocenters. The van der Waals surface area contributed by atoms with Crippen LogP contribution in [0.2, 0.25) is 5.28 Å². The number of aromatic nitrogens is 2. The van der Waals surface area contributed by atoms with Gasteiger partial charge in [-0.15, -0.1) is 11.3 Å². The van der Waals surface area contributed by atoms with Crippen LogP contribution in [0.5, 0.6) is 0 Å². The first-order chi connectivity index (χ1) is 13.5. The quantitative estimate of drug-likeness (QED) is 0.291. The number of nitrogens with zero attached hydrogens (tertiary/aromatic N) is 3. The molecule has 4 aromatic rings. The summed E-state index contributed by atoms with van der Waals surface area (Å²) < 4.78 is 1.06. The predicted octanol–water partition coefficient (Wildman–Crippen LogP) is 7.17. The lowest BCUT2D eigenvalue weighted by molar-refractivity contribution is 0.752. The van der Waals surface area contributed by atoms with Crippen molar-refractivity contribution in [1.82, 2.24) is 9.97 Å². The molecule has 0 saturated heterocycles. The van der Waals surface area contributed by atoms with E-state index in [1.165, 1.54) is 27.3 Å². The summed E-state index contributed by atoms with van der Waals surface area (Å²) in [6.45, 7) is 4.38. The lowest BCUT2D eigenvalue weighted by Crippen LogP contribution is -2.25. The Bertz CT molecular complexity index is 1200. The molecule has 28 heavy (non-hydrogen) atoms. The van der Waals surface area contributed by atoms with Crippen LogP contribution in [0.4, 0.5) is 11.5 Å². The SMILES string of the molecule is Cc1sc2nc(Cl)nc(N3c4ccccc4CC3C)c2c1-c1ccc(Br)cc1. The van der Waals surface area contributed by atoms with Crippen LogP contribution in [0, 0.1) is 6.92 Å². The van der Waals surface area contributed by atoms with Crippen molar-refractivity contribution in [2.24, 2.45) is 0 Å². The zero-order chi connectivity index (χ0) is 19.4. The van der Waals surface area contributed by atoms with E-state index in [1.807, 2.05) is 0 Å². The normalized spacial score (nSPS) is 16.0. The molecule has 6 heteroatoms. The molecular formula is C22H17BrClN3S. The van der Waals surface area contributed by atoms with Crippen molar-refractivity contribution in [2.45, 2.75) is 26.3 Å². The van der Waals surface area contributed by atoms with Gasteiger partial charge in [0, 0.05) is 26.6 Å². The van der Waals surface area contributed by atoms with Gasteiger partial charge in [0.05, 0.1) is 5.39 Å². The lowest BCUT2D eigenvalue weighted by atomic mass is 10.0. The Morgan fingerprint density at radius 3 is 2.64 bits per heavy atom. The number of hydrogen-bond donors (Lipinski definition) is 0. The Hall–Kier alpha value is -1.95. The number of benzene rings is 2. The van der Waals surface area contributed by atoms with Crippen molar-refractivity contribution in [3.8, 4) is 11.1 Å². The van der Waals surface area contributed by atoms with Gasteiger partial charge in [0.2, 0.25) is 5.28 Å². The number of hydrogen-bond acceptors (Lipinski definition) is 4. The van der Waals surface area contributed by atoms with E-state index in [0.29, 0.717) is 11.3 Å². The van der Waals surface area contributed by atoms with Crippen LogP contribution in [-0.4, -0.2) is 16.0 Å². The maximum atomic E-state index is 6.36. The first kappa shape index (κ1) is 18.1. The summed E-state index contributed by atoms with van der Waals surface area (Å²) in [6.07, 6.45) is 0.996. The minimum absolute atomic E-state index is 0.294. The molecule has 0 N–H and O–H groups in total. The van der Waals surface area contributed by atoms with Crippen LogP contribution in [-0.2, 0) is 6.42 Å². The van der Waals surface area contributed by atoms with E-state index in [0.717, 1.165) is 26.9 Å². The molecule has 0 spiro atoms. The van der Waals surface area contributed by atoms with Crippen LogP contribution in [0.25, 0.3) is 21.3 Å². The molecule has 1 aliphatic rings. The Morgan fingerprint density at radius 1 is 1.11 bits per heavy atom. The van der Waals surface area contributed by atoms with Gasteiger partial charge in [0.1, 0.15) is 10.6 Å². The Kier molecular flexibility index (Phi) is 4.42. The monoisotopic (exact) mass is 469 g/mol. The number of aryl methyl sites for hydroxylation is 1. The van der Waals surface area contributed by atoms with E-state index in [-0.39, 0.29) is 0 Å². The molecule has 0 aliphatic carbocycles. The van der Waals surface area contributed by atoms with Crippen molar-refractivity contribution in [2.75, 3.05) is 4.90 Å². The number of halogens is 2. The highest BCUT2D eigenvalue weighted by molar-refractivity contribution is 9.10. The zero-order valence-corrected chi connectivity index (χ0v) is 18.6. The van der Waals surface area contributed by atoms with Gasteiger partial charge in [0.15, 0.2) is 0 Å². The van der Waals surface area contributed by atoms with Crippen molar-refractivity contribution < 1.29 is 0 Å². The molecule has 1 aliphatic heterocycles. The van der Waals surface area contributed by atoms with Crippen LogP contribution >= 0.6 is 38.9 Å². The summed E-state index contributed by atoms with van der Waals surface area (Å²) in [6, 6.07) is 17.3. The number of anilines is 2. The van der Waals surface area contributed by atoms with Gasteiger partial charge >= 0.3 is 0 Å².